The van der Waals surface area contributed by atoms with E-state index in [0.29, 0.717) is 18.1 Å². The van der Waals surface area contributed by atoms with Crippen LogP contribution >= 0.6 is 11.3 Å². The summed E-state index contributed by atoms with van der Waals surface area (Å²) in [6.07, 6.45) is 3.63. The van der Waals surface area contributed by atoms with Crippen LogP contribution in [-0.2, 0) is 4.43 Å². The molecule has 0 bridgehead atoms. The minimum absolute atomic E-state index is 0.0211. The first-order valence-electron chi connectivity index (χ1n) is 11.6. The molecule has 174 valence electrons. The molecule has 1 aliphatic rings. The number of rotatable bonds is 6. The number of nitrogens with one attached hydrogen (secondary N) is 1. The van der Waals surface area contributed by atoms with Crippen LogP contribution in [0.5, 0.6) is 5.88 Å². The van der Waals surface area contributed by atoms with E-state index in [1.165, 1.54) is 0 Å². The summed E-state index contributed by atoms with van der Waals surface area (Å²) in [5.74, 6) is 0.605. The lowest BCUT2D eigenvalue weighted by Gasteiger charge is -2.39. The van der Waals surface area contributed by atoms with Crippen LogP contribution < -0.4 is 10.1 Å². The van der Waals surface area contributed by atoms with Crippen molar-refractivity contribution in [2.45, 2.75) is 63.9 Å². The number of hydrogen-bond donors (Lipinski definition) is 1. The van der Waals surface area contributed by atoms with Crippen LogP contribution in [0, 0.1) is 11.3 Å². The molecule has 33 heavy (non-hydrogen) atoms. The first-order chi connectivity index (χ1) is 15.7. The Hall–Kier alpha value is -2.24. The van der Waals surface area contributed by atoms with Gasteiger partial charge in [0.25, 0.3) is 0 Å². The molecular formula is C26H33N3O2SSi. The molecule has 0 aliphatic carbocycles. The number of benzene rings is 1. The van der Waals surface area contributed by atoms with Crippen molar-refractivity contribution in [1.82, 2.24) is 10.3 Å². The number of pyridine rings is 1. The van der Waals surface area contributed by atoms with Crippen molar-refractivity contribution in [3.63, 3.8) is 0 Å². The summed E-state index contributed by atoms with van der Waals surface area (Å²) in [5.41, 5.74) is 1.72. The third-order valence-electron chi connectivity index (χ3n) is 6.91. The van der Waals surface area contributed by atoms with Crippen molar-refractivity contribution in [3.8, 4) is 22.4 Å². The number of nitrogens with zero attached hydrogens (tertiary/aromatic N) is 2. The lowest BCUT2D eigenvalue weighted by Crippen LogP contribution is -2.53. The highest BCUT2D eigenvalue weighted by Crippen LogP contribution is 2.40. The maximum absolute atomic E-state index is 9.63. The van der Waals surface area contributed by atoms with Gasteiger partial charge in [0.05, 0.1) is 34.5 Å². The van der Waals surface area contributed by atoms with Gasteiger partial charge < -0.3 is 14.5 Å². The largest absolute Gasteiger partial charge is 0.472 e. The van der Waals surface area contributed by atoms with Gasteiger partial charge >= 0.3 is 0 Å². The van der Waals surface area contributed by atoms with Crippen LogP contribution in [0.3, 0.4) is 0 Å². The lowest BCUT2D eigenvalue weighted by molar-refractivity contribution is 0.0837. The smallest absolute Gasteiger partial charge is 0.222 e. The van der Waals surface area contributed by atoms with Gasteiger partial charge in [0, 0.05) is 4.88 Å². The van der Waals surface area contributed by atoms with Crippen LogP contribution in [0.2, 0.25) is 18.1 Å². The molecule has 1 N–H and O–H groups in total. The zero-order valence-corrected chi connectivity index (χ0v) is 22.0. The molecule has 1 aromatic carbocycles. The van der Waals surface area contributed by atoms with E-state index in [1.807, 2.05) is 18.2 Å². The van der Waals surface area contributed by atoms with Gasteiger partial charge in [-0.3, -0.25) is 0 Å². The molecule has 0 radical (unpaired) electrons. The summed E-state index contributed by atoms with van der Waals surface area (Å²) < 4.78 is 14.0. The van der Waals surface area contributed by atoms with Gasteiger partial charge in [-0.1, -0.05) is 51.1 Å². The fraction of sp³-hybridized carbons (Fsp3) is 0.462. The number of hydrogen-bond acceptors (Lipinski definition) is 6. The Kier molecular flexibility index (Phi) is 6.92. The van der Waals surface area contributed by atoms with Crippen LogP contribution in [0.15, 0.2) is 42.6 Å². The number of nitriles is 1. The first kappa shape index (κ1) is 23.9. The SMILES string of the molecule is CC(C)(C)[Si](C)(C)OCC1NCCCC1Oc1ncc(C#N)c2sc(-c3ccccc3)cc12. The van der Waals surface area contributed by atoms with Gasteiger partial charge in [0.2, 0.25) is 5.88 Å². The fourth-order valence-corrected chi connectivity index (χ4v) is 5.95. The Balaban J connectivity index is 1.60. The molecule has 2 unspecified atom stereocenters. The molecule has 3 aromatic rings. The summed E-state index contributed by atoms with van der Waals surface area (Å²) in [7, 11) is -1.85. The summed E-state index contributed by atoms with van der Waals surface area (Å²) in [6.45, 7) is 13.0. The molecule has 2 aromatic heterocycles. The van der Waals surface area contributed by atoms with Crippen molar-refractivity contribution < 1.29 is 9.16 Å². The summed E-state index contributed by atoms with van der Waals surface area (Å²) in [4.78, 5) is 5.67. The van der Waals surface area contributed by atoms with E-state index in [-0.39, 0.29) is 17.2 Å². The number of ether oxygens (including phenoxy) is 1. The highest BCUT2D eigenvalue weighted by atomic mass is 32.1. The zero-order valence-electron chi connectivity index (χ0n) is 20.1. The zero-order chi connectivity index (χ0) is 23.6. The molecule has 0 saturated carbocycles. The highest BCUT2D eigenvalue weighted by molar-refractivity contribution is 7.22. The van der Waals surface area contributed by atoms with E-state index in [9.17, 15) is 5.26 Å². The molecule has 7 heteroatoms. The van der Waals surface area contributed by atoms with E-state index in [2.05, 4.69) is 68.4 Å². The van der Waals surface area contributed by atoms with Gasteiger partial charge in [0.15, 0.2) is 8.32 Å². The number of thiophene rings is 1. The molecule has 1 aliphatic heterocycles. The average Bonchev–Trinajstić information content (AvgIpc) is 3.25. The van der Waals surface area contributed by atoms with Crippen LogP contribution in [0.1, 0.15) is 39.2 Å². The summed E-state index contributed by atoms with van der Waals surface area (Å²) >= 11 is 1.62. The second kappa shape index (κ2) is 9.55. The summed E-state index contributed by atoms with van der Waals surface area (Å²) in [6, 6.07) is 14.8. The number of piperidine rings is 1. The van der Waals surface area contributed by atoms with Gasteiger partial charge in [-0.2, -0.15) is 5.26 Å². The summed E-state index contributed by atoms with van der Waals surface area (Å²) in [5, 5.41) is 14.3. The van der Waals surface area contributed by atoms with Crippen LogP contribution in [-0.4, -0.2) is 38.6 Å². The molecular weight excluding hydrogens is 446 g/mol. The predicted molar refractivity (Wildman–Crippen MR) is 138 cm³/mol. The average molecular weight is 480 g/mol. The molecule has 2 atom stereocenters. The monoisotopic (exact) mass is 479 g/mol. The van der Waals surface area contributed by atoms with Crippen LogP contribution in [0.25, 0.3) is 20.5 Å². The lowest BCUT2D eigenvalue weighted by atomic mass is 10.0. The minimum Gasteiger partial charge on any atom is -0.472 e. The van der Waals surface area contributed by atoms with E-state index in [4.69, 9.17) is 9.16 Å². The van der Waals surface area contributed by atoms with E-state index >= 15 is 0 Å². The van der Waals surface area contributed by atoms with Crippen molar-refractivity contribution >= 4 is 29.7 Å². The Morgan fingerprint density at radius 3 is 2.70 bits per heavy atom. The Bertz CT molecular complexity index is 1150. The second-order valence-corrected chi connectivity index (χ2v) is 16.1. The molecule has 0 spiro atoms. The second-order valence-electron chi connectivity index (χ2n) is 10.2. The third kappa shape index (κ3) is 5.14. The molecule has 3 heterocycles. The maximum Gasteiger partial charge on any atom is 0.222 e. The quantitative estimate of drug-likeness (QED) is 0.417. The molecule has 1 saturated heterocycles. The number of fused-ring (bicyclic) bond motifs is 1. The maximum atomic E-state index is 9.63. The third-order valence-corrected chi connectivity index (χ3v) is 12.6. The Labute approximate surface area is 201 Å². The van der Waals surface area contributed by atoms with Crippen molar-refractivity contribution in [2.75, 3.05) is 13.2 Å². The topological polar surface area (TPSA) is 67.2 Å². The van der Waals surface area contributed by atoms with Crippen molar-refractivity contribution in [3.05, 3.63) is 48.2 Å². The van der Waals surface area contributed by atoms with E-state index in [1.54, 1.807) is 17.5 Å². The van der Waals surface area contributed by atoms with Gasteiger partial charge in [0.1, 0.15) is 12.2 Å². The van der Waals surface area contributed by atoms with Crippen molar-refractivity contribution in [1.29, 1.82) is 5.26 Å². The fourth-order valence-electron chi connectivity index (χ4n) is 3.81. The van der Waals surface area contributed by atoms with Crippen LogP contribution in [0.4, 0.5) is 0 Å². The molecule has 5 nitrogen and oxygen atoms in total. The van der Waals surface area contributed by atoms with Gasteiger partial charge in [-0.15, -0.1) is 11.3 Å². The highest BCUT2D eigenvalue weighted by Gasteiger charge is 2.39. The van der Waals surface area contributed by atoms with E-state index in [0.717, 1.165) is 39.9 Å². The molecule has 4 rings (SSSR count). The van der Waals surface area contributed by atoms with Gasteiger partial charge in [-0.05, 0) is 49.1 Å². The standard InChI is InChI=1S/C26H33N3O2SSi/c1-26(2,3)33(4,5)30-17-21-22(12-9-13-28-21)31-25-20-14-23(18-10-7-6-8-11-18)32-24(20)19(15-27)16-29-25/h6-8,10-11,14,16,21-22,28H,9,12-13,17H2,1-5H3. The Morgan fingerprint density at radius 1 is 1.24 bits per heavy atom. The molecule has 0 amide bonds. The van der Waals surface area contributed by atoms with Crippen molar-refractivity contribution in [2.24, 2.45) is 0 Å². The normalized spacial score (nSPS) is 19.4. The Morgan fingerprint density at radius 2 is 2.00 bits per heavy atom. The molecule has 1 fully saturated rings. The van der Waals surface area contributed by atoms with Gasteiger partial charge in [-0.25, -0.2) is 4.98 Å². The number of aromatic nitrogens is 1. The first-order valence-corrected chi connectivity index (χ1v) is 15.3. The van der Waals surface area contributed by atoms with E-state index < -0.39 is 8.32 Å². The minimum atomic E-state index is -1.85. The predicted octanol–water partition coefficient (Wildman–Crippen LogP) is 6.36.